The van der Waals surface area contributed by atoms with Crippen LogP contribution in [-0.2, 0) is 22.8 Å². The Morgan fingerprint density at radius 2 is 1.59 bits per heavy atom. The highest BCUT2D eigenvalue weighted by atomic mass is 31.2. The van der Waals surface area contributed by atoms with Gasteiger partial charge in [-0.3, -0.25) is 9.36 Å². The van der Waals surface area contributed by atoms with E-state index in [-0.39, 0.29) is 17.0 Å². The van der Waals surface area contributed by atoms with Crippen LogP contribution in [0, 0.1) is 0 Å². The predicted molar refractivity (Wildman–Crippen MR) is 93.1 cm³/mol. The summed E-state index contributed by atoms with van der Waals surface area (Å²) < 4.78 is 27.4. The SMILES string of the molecule is COP(=O)(CC(=O)CCCCCO[Si](C)(C)C(C)(C)C)OC. The second kappa shape index (κ2) is 9.33. The average molecular weight is 352 g/mol. The van der Waals surface area contributed by atoms with Gasteiger partial charge in [-0.25, -0.2) is 0 Å². The number of rotatable bonds is 11. The van der Waals surface area contributed by atoms with Gasteiger partial charge in [-0.1, -0.05) is 27.2 Å². The molecule has 0 aromatic carbocycles. The molecule has 0 rings (SSSR count). The Balaban J connectivity index is 3.87. The third kappa shape index (κ3) is 8.02. The maximum Gasteiger partial charge on any atom is 0.337 e. The van der Waals surface area contributed by atoms with Crippen LogP contribution in [0.15, 0.2) is 0 Å². The van der Waals surface area contributed by atoms with Crippen LogP contribution in [0.3, 0.4) is 0 Å². The Kier molecular flexibility index (Phi) is 9.33. The Hall–Kier alpha value is -0.00312. The molecule has 0 aliphatic rings. The lowest BCUT2D eigenvalue weighted by Crippen LogP contribution is -2.40. The largest absolute Gasteiger partial charge is 0.417 e. The van der Waals surface area contributed by atoms with Gasteiger partial charge in [0.1, 0.15) is 11.9 Å². The Bertz CT molecular complexity index is 382. The van der Waals surface area contributed by atoms with Crippen molar-refractivity contribution in [2.24, 2.45) is 0 Å². The van der Waals surface area contributed by atoms with E-state index in [0.29, 0.717) is 6.42 Å². The monoisotopic (exact) mass is 352 g/mol. The fourth-order valence-electron chi connectivity index (χ4n) is 1.64. The van der Waals surface area contributed by atoms with Gasteiger partial charge in [0.05, 0.1) is 0 Å². The average Bonchev–Trinajstić information content (AvgIpc) is 2.41. The van der Waals surface area contributed by atoms with Gasteiger partial charge in [0.15, 0.2) is 8.32 Å². The molecule has 22 heavy (non-hydrogen) atoms. The second-order valence-electron chi connectivity index (χ2n) is 7.09. The number of ketones is 1. The first-order valence-corrected chi connectivity index (χ1v) is 12.5. The molecular formula is C15H33O5PSi. The number of carbonyl (C=O) groups is 1. The molecule has 0 saturated heterocycles. The van der Waals surface area contributed by atoms with Crippen molar-refractivity contribution in [2.45, 2.75) is 64.6 Å². The van der Waals surface area contributed by atoms with E-state index in [4.69, 9.17) is 13.5 Å². The van der Waals surface area contributed by atoms with Gasteiger partial charge in [0.25, 0.3) is 0 Å². The summed E-state index contributed by atoms with van der Waals surface area (Å²) in [5, 5.41) is 0.227. The molecule has 0 bridgehead atoms. The van der Waals surface area contributed by atoms with E-state index in [1.165, 1.54) is 14.2 Å². The summed E-state index contributed by atoms with van der Waals surface area (Å²) in [7, 11) is -2.27. The molecule has 0 radical (unpaired) electrons. The van der Waals surface area contributed by atoms with Crippen LogP contribution < -0.4 is 0 Å². The van der Waals surface area contributed by atoms with E-state index in [2.05, 4.69) is 33.9 Å². The highest BCUT2D eigenvalue weighted by molar-refractivity contribution is 7.54. The predicted octanol–water partition coefficient (Wildman–Crippen LogP) is 4.62. The van der Waals surface area contributed by atoms with Crippen molar-refractivity contribution in [1.82, 2.24) is 0 Å². The zero-order valence-corrected chi connectivity index (χ0v) is 17.1. The third-order valence-electron chi connectivity index (χ3n) is 4.30. The van der Waals surface area contributed by atoms with Crippen LogP contribution >= 0.6 is 7.60 Å². The zero-order chi connectivity index (χ0) is 17.4. The molecule has 0 aliphatic heterocycles. The first-order valence-electron chi connectivity index (χ1n) is 7.83. The normalized spacial score (nSPS) is 13.4. The van der Waals surface area contributed by atoms with Crippen LogP contribution in [0.1, 0.15) is 46.5 Å². The molecule has 0 aromatic heterocycles. The van der Waals surface area contributed by atoms with Crippen molar-refractivity contribution in [3.63, 3.8) is 0 Å². The molecule has 0 aliphatic carbocycles. The molecule has 0 saturated carbocycles. The van der Waals surface area contributed by atoms with Crippen molar-refractivity contribution in [1.29, 1.82) is 0 Å². The third-order valence-corrected chi connectivity index (χ3v) is 10.7. The molecule has 0 aromatic rings. The summed E-state index contributed by atoms with van der Waals surface area (Å²) in [6, 6.07) is 0. The molecular weight excluding hydrogens is 319 g/mol. The molecule has 7 heteroatoms. The molecule has 0 spiro atoms. The maximum atomic E-state index is 11.8. The lowest BCUT2D eigenvalue weighted by molar-refractivity contribution is -0.117. The minimum absolute atomic E-state index is 0.0719. The molecule has 0 unspecified atom stereocenters. The maximum absolute atomic E-state index is 11.8. The summed E-state index contributed by atoms with van der Waals surface area (Å²) in [4.78, 5) is 11.7. The van der Waals surface area contributed by atoms with Crippen molar-refractivity contribution in [3.05, 3.63) is 0 Å². The van der Waals surface area contributed by atoms with E-state index in [1.807, 2.05) is 0 Å². The Morgan fingerprint density at radius 3 is 2.05 bits per heavy atom. The van der Waals surface area contributed by atoms with Crippen LogP contribution in [0.5, 0.6) is 0 Å². The summed E-state index contributed by atoms with van der Waals surface area (Å²) >= 11 is 0. The molecule has 0 heterocycles. The number of carbonyl (C=O) groups excluding carboxylic acids is 1. The van der Waals surface area contributed by atoms with Gasteiger partial charge in [0, 0.05) is 27.2 Å². The summed E-state index contributed by atoms with van der Waals surface area (Å²) in [5.74, 6) is -0.0719. The lowest BCUT2D eigenvalue weighted by atomic mass is 10.1. The van der Waals surface area contributed by atoms with Gasteiger partial charge in [0.2, 0.25) is 0 Å². The smallest absolute Gasteiger partial charge is 0.337 e. The summed E-state index contributed by atoms with van der Waals surface area (Å²) in [5.41, 5.74) is 0. The fraction of sp³-hybridized carbons (Fsp3) is 0.933. The fourth-order valence-corrected chi connectivity index (χ4v) is 3.73. The summed E-state index contributed by atoms with van der Waals surface area (Å²) in [6.45, 7) is 11.9. The molecule has 132 valence electrons. The number of hydrogen-bond acceptors (Lipinski definition) is 5. The summed E-state index contributed by atoms with van der Waals surface area (Å²) in [6.07, 6.45) is 2.95. The Morgan fingerprint density at radius 1 is 1.05 bits per heavy atom. The Labute approximate surface area is 136 Å². The van der Waals surface area contributed by atoms with Crippen molar-refractivity contribution in [3.8, 4) is 0 Å². The number of unbranched alkanes of at least 4 members (excludes halogenated alkanes) is 2. The van der Waals surface area contributed by atoms with Crippen LogP contribution in [0.25, 0.3) is 0 Å². The van der Waals surface area contributed by atoms with Gasteiger partial charge in [-0.2, -0.15) is 0 Å². The van der Waals surface area contributed by atoms with Gasteiger partial charge >= 0.3 is 7.60 Å². The molecule has 0 atom stereocenters. The molecule has 0 N–H and O–H groups in total. The topological polar surface area (TPSA) is 61.8 Å². The molecule has 0 amide bonds. The minimum Gasteiger partial charge on any atom is -0.417 e. The molecule has 5 nitrogen and oxygen atoms in total. The van der Waals surface area contributed by atoms with Crippen molar-refractivity contribution < 1.29 is 22.8 Å². The van der Waals surface area contributed by atoms with Crippen molar-refractivity contribution in [2.75, 3.05) is 27.0 Å². The first kappa shape index (κ1) is 22.0. The quantitative estimate of drug-likeness (QED) is 0.308. The number of Topliss-reactive ketones (excluding diaryl/α,β-unsaturated/α-hetero) is 1. The first-order chi connectivity index (χ1) is 9.97. The number of hydrogen-bond donors (Lipinski definition) is 0. The minimum atomic E-state index is -3.21. The van der Waals surface area contributed by atoms with Gasteiger partial charge in [-0.15, -0.1) is 0 Å². The highest BCUT2D eigenvalue weighted by Crippen LogP contribution is 2.46. The van der Waals surface area contributed by atoms with Gasteiger partial charge < -0.3 is 13.5 Å². The zero-order valence-electron chi connectivity index (χ0n) is 15.2. The van der Waals surface area contributed by atoms with E-state index in [9.17, 15) is 9.36 Å². The van der Waals surface area contributed by atoms with E-state index in [1.54, 1.807) is 0 Å². The standard InChI is InChI=1S/C15H33O5PSi/c1-15(2,3)22(6,7)20-12-10-8-9-11-14(16)13-21(17,18-4)19-5/h8-13H2,1-7H3. The van der Waals surface area contributed by atoms with E-state index >= 15 is 0 Å². The second-order valence-corrected chi connectivity index (χ2v) is 14.2. The van der Waals surface area contributed by atoms with Crippen LogP contribution in [0.4, 0.5) is 0 Å². The lowest BCUT2D eigenvalue weighted by Gasteiger charge is -2.36. The molecule has 0 fully saturated rings. The van der Waals surface area contributed by atoms with E-state index < -0.39 is 15.9 Å². The highest BCUT2D eigenvalue weighted by Gasteiger charge is 2.36. The van der Waals surface area contributed by atoms with Gasteiger partial charge in [-0.05, 0) is 31.0 Å². The van der Waals surface area contributed by atoms with E-state index in [0.717, 1.165) is 25.9 Å². The van der Waals surface area contributed by atoms with Crippen LogP contribution in [0.2, 0.25) is 18.1 Å². The van der Waals surface area contributed by atoms with Crippen molar-refractivity contribution >= 4 is 21.7 Å². The van der Waals surface area contributed by atoms with Crippen LogP contribution in [-0.4, -0.2) is 41.1 Å².